The maximum Gasteiger partial charge on any atom is 0.345 e. The predicted molar refractivity (Wildman–Crippen MR) is 302 cm³/mol. The number of hydrogen-bond donors (Lipinski definition) is 6. The number of aromatic amines is 6. The van der Waals surface area contributed by atoms with Crippen molar-refractivity contribution in [3.05, 3.63) is 109 Å². The summed E-state index contributed by atoms with van der Waals surface area (Å²) in [7, 11) is -22.9. The van der Waals surface area contributed by atoms with Crippen molar-refractivity contribution in [2.45, 2.75) is 157 Å². The third kappa shape index (κ3) is 90.0. The van der Waals surface area contributed by atoms with Crippen LogP contribution in [-0.4, -0.2) is 29.9 Å². The first-order valence-corrected chi connectivity index (χ1v) is 35.8. The lowest BCUT2D eigenvalue weighted by atomic mass is 10.2. The minimum absolute atomic E-state index is 1.17. The molecule has 6 N–H and O–H groups in total. The zero-order valence-electron chi connectivity index (χ0n) is 52.5. The molecule has 90 heavy (non-hydrogen) atoms. The van der Waals surface area contributed by atoms with Crippen LogP contribution in [0.4, 0.5) is 50.4 Å². The van der Waals surface area contributed by atoms with E-state index in [0.717, 1.165) is 0 Å². The Hall–Kier alpha value is -4.44. The molecule has 0 radical (unpaired) electrons. The number of unbranched alkanes of at least 4 members (excludes halogenated alkanes) is 6. The van der Waals surface area contributed by atoms with Crippen LogP contribution >= 0.6 is 47.9 Å². The van der Waals surface area contributed by atoms with E-state index in [9.17, 15) is 50.4 Å². The summed E-state index contributed by atoms with van der Waals surface area (Å²) in [5, 5.41) is 0. The van der Waals surface area contributed by atoms with Gasteiger partial charge in [0.1, 0.15) is 74.4 Å². The minimum atomic E-state index is -5.89. The molecule has 0 aromatic carbocycles. The average Bonchev–Trinajstić information content (AvgIpc) is 4.36. The van der Waals surface area contributed by atoms with E-state index in [4.69, 9.17) is 56.8 Å². The van der Waals surface area contributed by atoms with Gasteiger partial charge in [-0.1, -0.05) is 80.1 Å². The predicted octanol–water partition coefficient (Wildman–Crippen LogP) is 9.45. The molecule has 0 aliphatic rings. The highest BCUT2D eigenvalue weighted by Crippen LogP contribution is 2.39. The second-order valence-electron chi connectivity index (χ2n) is 18.2. The quantitative estimate of drug-likeness (QED) is 0.0266. The fraction of sp³-hybridized carbons (Fsp3) is 0.625. The van der Waals surface area contributed by atoms with Crippen molar-refractivity contribution in [3.63, 3.8) is 0 Å². The standard InChI is InChI=1S/6C8H14N2.6F2HO2P/c6*1-3-4-5-8-9-6-7-10(8)2;6*1-5(2,3)4/h6*6-7H,3-5H2,1-2H3;6*(H,3,4). The lowest BCUT2D eigenvalue weighted by Crippen LogP contribution is -2.30. The van der Waals surface area contributed by atoms with E-state index in [0.29, 0.717) is 0 Å². The van der Waals surface area contributed by atoms with Crippen LogP contribution in [0, 0.1) is 0 Å². The van der Waals surface area contributed by atoms with E-state index in [1.54, 1.807) is 0 Å². The van der Waals surface area contributed by atoms with Gasteiger partial charge < -0.3 is 29.4 Å². The molecular weight excluding hydrogens is 1350 g/mol. The van der Waals surface area contributed by atoms with Crippen LogP contribution in [0.5, 0.6) is 0 Å². The van der Waals surface area contributed by atoms with Gasteiger partial charge in [-0.15, -0.1) is 0 Å². The Balaban J connectivity index is -0.000000217. The SMILES string of the molecule is CCCCc1[nH]cc[n+]1C.CCCCc1[nH]cc[n+]1C.CCCCc1[nH]cc[n+]1C.CCCCc1[nH]cc[n+]1C.CCCCc1[nH]cc[n+]1C.CCCCc1[nH]cc[n+]1C.O=P([O-])(F)F.O=P([O-])(F)F.O=P([O-])(F)F.O=P([O-])(F)F.O=P([O-])(F)F.O=P([O-])(F)F. The van der Waals surface area contributed by atoms with Crippen molar-refractivity contribution >= 4 is 47.9 Å². The summed E-state index contributed by atoms with van der Waals surface area (Å²) < 4.78 is 183. The van der Waals surface area contributed by atoms with Gasteiger partial charge in [0.25, 0.3) is 34.9 Å². The van der Waals surface area contributed by atoms with Gasteiger partial charge in [0, 0.05) is 38.5 Å². The number of aryl methyl sites for hydroxylation is 12. The Morgan fingerprint density at radius 1 is 0.267 bits per heavy atom. The molecule has 0 aliphatic heterocycles. The fourth-order valence-corrected chi connectivity index (χ4v) is 6.18. The molecule has 0 saturated carbocycles. The molecule has 6 aromatic heterocycles. The second-order valence-corrected chi connectivity index (χ2v) is 23.2. The summed E-state index contributed by atoms with van der Waals surface area (Å²) in [5.41, 5.74) is 0. The number of imidazole rings is 6. The first-order valence-electron chi connectivity index (χ1n) is 27.4. The number of rotatable bonds is 18. The highest BCUT2D eigenvalue weighted by atomic mass is 31.2. The number of halogens is 12. The van der Waals surface area contributed by atoms with Crippen LogP contribution in [0.2, 0.25) is 0 Å². The summed E-state index contributed by atoms with van der Waals surface area (Å²) in [6, 6.07) is 0. The van der Waals surface area contributed by atoms with Crippen molar-refractivity contribution < 1.29 is 135 Å². The van der Waals surface area contributed by atoms with E-state index >= 15 is 0 Å². The van der Waals surface area contributed by atoms with Crippen LogP contribution in [-0.2, 0) is 108 Å². The molecule has 6 aromatic rings. The van der Waals surface area contributed by atoms with Gasteiger partial charge in [0.15, 0.2) is 0 Å². The maximum atomic E-state index is 10.0. The molecule has 6 rings (SSSR count). The van der Waals surface area contributed by atoms with Crippen LogP contribution in [0.15, 0.2) is 74.4 Å². The van der Waals surface area contributed by atoms with Crippen molar-refractivity contribution in [1.82, 2.24) is 29.9 Å². The van der Waals surface area contributed by atoms with Gasteiger partial charge in [-0.3, -0.25) is 27.4 Å². The summed E-state index contributed by atoms with van der Waals surface area (Å²) >= 11 is 0. The van der Waals surface area contributed by atoms with Crippen molar-refractivity contribution in [2.24, 2.45) is 42.3 Å². The molecule has 0 bridgehead atoms. The molecule has 42 heteroatoms. The van der Waals surface area contributed by atoms with E-state index in [-0.39, 0.29) is 0 Å². The number of nitrogens with one attached hydrogen (secondary N) is 6. The second kappa shape index (κ2) is 55.1. The van der Waals surface area contributed by atoms with E-state index in [1.807, 2.05) is 74.4 Å². The minimum Gasteiger partial charge on any atom is -0.749 e. The summed E-state index contributed by atoms with van der Waals surface area (Å²) in [4.78, 5) is 69.2. The molecule has 0 atom stereocenters. The van der Waals surface area contributed by atoms with Gasteiger partial charge in [-0.05, 0) is 38.5 Å². The molecule has 6 heterocycles. The van der Waals surface area contributed by atoms with Crippen LogP contribution in [0.1, 0.15) is 154 Å². The summed E-state index contributed by atoms with van der Waals surface area (Å²) in [6.45, 7) is 13.3. The number of H-pyrrole nitrogens is 6. The molecule has 0 aliphatic carbocycles. The molecule has 528 valence electrons. The van der Waals surface area contributed by atoms with Gasteiger partial charge in [0.05, 0.1) is 42.3 Å². The molecule has 0 fully saturated rings. The van der Waals surface area contributed by atoms with E-state index in [2.05, 4.69) is 141 Å². The first-order chi connectivity index (χ1) is 41.1. The number of nitrogens with zero attached hydrogens (tertiary/aromatic N) is 6. The molecule has 0 unspecified atom stereocenters. The maximum absolute atomic E-state index is 10.0. The largest absolute Gasteiger partial charge is 0.749 e. The van der Waals surface area contributed by atoms with Crippen LogP contribution < -0.4 is 56.8 Å². The van der Waals surface area contributed by atoms with Crippen LogP contribution in [0.3, 0.4) is 0 Å². The smallest absolute Gasteiger partial charge is 0.345 e. The molecule has 0 spiro atoms. The topological polar surface area (TPSA) is 359 Å². The number of aromatic nitrogens is 12. The summed E-state index contributed by atoms with van der Waals surface area (Å²) in [6.07, 6.45) is 46.4. The van der Waals surface area contributed by atoms with E-state index in [1.165, 1.54) is 151 Å². The molecule has 0 saturated heterocycles. The van der Waals surface area contributed by atoms with Crippen molar-refractivity contribution in [3.8, 4) is 0 Å². The Labute approximate surface area is 519 Å². The summed E-state index contributed by atoms with van der Waals surface area (Å²) in [5.74, 6) is 7.93. The third-order valence-corrected chi connectivity index (χ3v) is 10.4. The highest BCUT2D eigenvalue weighted by Gasteiger charge is 2.08. The highest BCUT2D eigenvalue weighted by molar-refractivity contribution is 7.46. The van der Waals surface area contributed by atoms with Gasteiger partial charge in [-0.25, -0.2) is 57.3 Å². The van der Waals surface area contributed by atoms with Crippen LogP contribution in [0.25, 0.3) is 0 Å². The van der Waals surface area contributed by atoms with Crippen molar-refractivity contribution in [2.75, 3.05) is 0 Å². The van der Waals surface area contributed by atoms with E-state index < -0.39 is 47.9 Å². The van der Waals surface area contributed by atoms with Gasteiger partial charge >= 0.3 is 47.9 Å². The Morgan fingerprint density at radius 3 is 0.411 bits per heavy atom. The zero-order valence-corrected chi connectivity index (χ0v) is 57.8. The van der Waals surface area contributed by atoms with Crippen molar-refractivity contribution in [1.29, 1.82) is 0 Å². The Kier molecular flexibility index (Phi) is 59.1. The molecular formula is C48H90F12N12O12P6. The van der Waals surface area contributed by atoms with Gasteiger partial charge in [-0.2, -0.15) is 50.4 Å². The average molecular weight is 1440 g/mol. The number of hydrogen-bond acceptors (Lipinski definition) is 12. The lowest BCUT2D eigenvalue weighted by Gasteiger charge is -1.93. The third-order valence-electron chi connectivity index (χ3n) is 10.4. The van der Waals surface area contributed by atoms with Gasteiger partial charge in [0.2, 0.25) is 0 Å². The normalized spacial score (nSPS) is 10.7. The molecule has 24 nitrogen and oxygen atoms in total. The molecule has 0 amide bonds. The lowest BCUT2D eigenvalue weighted by molar-refractivity contribution is -0.678. The Morgan fingerprint density at radius 2 is 0.356 bits per heavy atom. The first kappa shape index (κ1) is 96.7. The zero-order chi connectivity index (χ0) is 71.4. The Bertz CT molecular complexity index is 2390. The fourth-order valence-electron chi connectivity index (χ4n) is 6.18. The monoisotopic (exact) mass is 1440 g/mol.